The van der Waals surface area contributed by atoms with Gasteiger partial charge in [-0.15, -0.1) is 0 Å². The van der Waals surface area contributed by atoms with Crippen LogP contribution in [0.25, 0.3) is 6.08 Å². The quantitative estimate of drug-likeness (QED) is 0.386. The minimum absolute atomic E-state index is 0.176. The molecule has 0 bridgehead atoms. The zero-order chi connectivity index (χ0) is 27.2. The van der Waals surface area contributed by atoms with Crippen LogP contribution in [0.5, 0.6) is 0 Å². The maximum Gasteiger partial charge on any atom is 0.268 e. The van der Waals surface area contributed by atoms with Crippen molar-refractivity contribution in [2.24, 2.45) is 11.7 Å². The zero-order valence-electron chi connectivity index (χ0n) is 22.7. The van der Waals surface area contributed by atoms with Crippen molar-refractivity contribution in [2.75, 3.05) is 13.2 Å². The fourth-order valence-corrected chi connectivity index (χ4v) is 3.99. The highest BCUT2D eigenvalue weighted by molar-refractivity contribution is 5.90. The summed E-state index contributed by atoms with van der Waals surface area (Å²) in [5.41, 5.74) is 9.42. The third-order valence-electron chi connectivity index (χ3n) is 6.03. The lowest BCUT2D eigenvalue weighted by Crippen LogP contribution is -2.61. The molecule has 3 N–H and O–H groups in total. The summed E-state index contributed by atoms with van der Waals surface area (Å²) in [5.74, 6) is -0.964. The summed E-state index contributed by atoms with van der Waals surface area (Å²) in [4.78, 5) is 45.8. The van der Waals surface area contributed by atoms with Crippen LogP contribution in [0, 0.1) is 5.92 Å². The number of hydrogen-bond donors (Lipinski definition) is 2. The normalized spacial score (nSPS) is 17.4. The van der Waals surface area contributed by atoms with Crippen LogP contribution < -0.4 is 11.2 Å². The molecule has 0 aliphatic carbocycles. The average Bonchev–Trinajstić information content (AvgIpc) is 2.89. The number of carbonyl (C=O) groups is 3. The Kier molecular flexibility index (Phi) is 13.3. The summed E-state index contributed by atoms with van der Waals surface area (Å²) < 4.78 is 5.56. The molecule has 9 heteroatoms. The molecular weight excluding hydrogens is 472 g/mol. The van der Waals surface area contributed by atoms with E-state index in [2.05, 4.69) is 5.48 Å². The van der Waals surface area contributed by atoms with Gasteiger partial charge in [0, 0.05) is 26.0 Å². The minimum Gasteiger partial charge on any atom is -0.350 e. The predicted molar refractivity (Wildman–Crippen MR) is 143 cm³/mol. The molecule has 0 saturated carbocycles. The number of nitrogens with two attached hydrogens (primary N) is 1. The van der Waals surface area contributed by atoms with Gasteiger partial charge in [-0.3, -0.25) is 14.4 Å². The van der Waals surface area contributed by atoms with E-state index in [1.807, 2.05) is 63.3 Å². The molecule has 0 aromatic heterocycles. The highest BCUT2D eigenvalue weighted by atomic mass is 16.8. The zero-order valence-corrected chi connectivity index (χ0v) is 22.7. The molecule has 2 rings (SSSR count). The van der Waals surface area contributed by atoms with E-state index in [0.717, 1.165) is 18.4 Å². The lowest BCUT2D eigenvalue weighted by molar-refractivity contribution is -0.206. The summed E-state index contributed by atoms with van der Waals surface area (Å²) in [5, 5.41) is 2.64. The molecule has 0 spiro atoms. The maximum atomic E-state index is 13.6. The average molecular weight is 517 g/mol. The number of hydroxylamine groups is 1. The van der Waals surface area contributed by atoms with E-state index in [1.165, 1.54) is 10.0 Å². The van der Waals surface area contributed by atoms with E-state index < -0.39 is 30.2 Å². The Morgan fingerprint density at radius 3 is 2.51 bits per heavy atom. The van der Waals surface area contributed by atoms with Crippen molar-refractivity contribution < 1.29 is 24.0 Å². The van der Waals surface area contributed by atoms with Gasteiger partial charge in [0.1, 0.15) is 6.04 Å². The molecule has 1 aliphatic rings. The lowest BCUT2D eigenvalue weighted by atomic mass is 10.1. The molecule has 1 aromatic carbocycles. The fourth-order valence-electron chi connectivity index (χ4n) is 3.99. The molecule has 1 aromatic rings. The molecule has 3 atom stereocenters. The standard InChI is InChI=1S/C28H44N4O5/c1-5-19-31(28(35)22(4)29)32(25(33)18-17-21(2)3)24(15-11-14-23-12-7-6-8-13-23)27(34)30-37-26-16-9-10-20-36-26/h6-8,11-14,21-22,24,26H,5,9-10,15-20,29H2,1-4H3,(H,30,34)/t22-,24+,26?/m1/s1. The van der Waals surface area contributed by atoms with Gasteiger partial charge < -0.3 is 10.5 Å². The van der Waals surface area contributed by atoms with Crippen LogP contribution in [-0.4, -0.2) is 59.3 Å². The second-order valence-corrected chi connectivity index (χ2v) is 9.87. The maximum absolute atomic E-state index is 13.6. The van der Waals surface area contributed by atoms with Crippen molar-refractivity contribution in [3.63, 3.8) is 0 Å². The molecule has 37 heavy (non-hydrogen) atoms. The van der Waals surface area contributed by atoms with Gasteiger partial charge in [0.15, 0.2) is 6.29 Å². The van der Waals surface area contributed by atoms with Crippen molar-refractivity contribution in [1.82, 2.24) is 15.5 Å². The predicted octanol–water partition coefficient (Wildman–Crippen LogP) is 3.80. The van der Waals surface area contributed by atoms with Gasteiger partial charge in [0.2, 0.25) is 5.91 Å². The third-order valence-corrected chi connectivity index (χ3v) is 6.03. The molecule has 1 unspecified atom stereocenters. The topological polar surface area (TPSA) is 114 Å². The number of hydrazine groups is 1. The van der Waals surface area contributed by atoms with Crippen molar-refractivity contribution in [2.45, 2.75) is 91.0 Å². The number of rotatable bonds is 13. The van der Waals surface area contributed by atoms with Crippen molar-refractivity contribution in [3.8, 4) is 0 Å². The Morgan fingerprint density at radius 2 is 1.92 bits per heavy atom. The number of ether oxygens (including phenoxy) is 1. The molecule has 1 heterocycles. The first-order chi connectivity index (χ1) is 17.7. The monoisotopic (exact) mass is 516 g/mol. The largest absolute Gasteiger partial charge is 0.350 e. The fraction of sp³-hybridized carbons (Fsp3) is 0.607. The Bertz CT molecular complexity index is 869. The van der Waals surface area contributed by atoms with Gasteiger partial charge >= 0.3 is 0 Å². The van der Waals surface area contributed by atoms with Crippen LogP contribution in [0.15, 0.2) is 36.4 Å². The van der Waals surface area contributed by atoms with Crippen molar-refractivity contribution >= 4 is 23.8 Å². The van der Waals surface area contributed by atoms with Gasteiger partial charge in [-0.05, 0) is 50.5 Å². The Labute approximate surface area is 221 Å². The molecule has 3 amide bonds. The summed E-state index contributed by atoms with van der Waals surface area (Å²) in [6.07, 6.45) is 7.33. The van der Waals surface area contributed by atoms with E-state index in [0.29, 0.717) is 25.9 Å². The molecule has 206 valence electrons. The van der Waals surface area contributed by atoms with Crippen LogP contribution in [0.4, 0.5) is 0 Å². The molecule has 1 aliphatic heterocycles. The van der Waals surface area contributed by atoms with Crippen LogP contribution in [0.2, 0.25) is 0 Å². The molecule has 0 radical (unpaired) electrons. The Balaban J connectivity index is 2.38. The first kappa shape index (κ1) is 30.5. The SMILES string of the molecule is CCCN(C(=O)[C@@H](C)N)N(C(=O)CCC(C)C)[C@@H](CC=Cc1ccccc1)C(=O)NOC1CCCCO1. The molecule has 1 fully saturated rings. The first-order valence-corrected chi connectivity index (χ1v) is 13.4. The number of hydrogen-bond acceptors (Lipinski definition) is 6. The summed E-state index contributed by atoms with van der Waals surface area (Å²) in [6, 6.07) is 7.82. The molecule has 1 saturated heterocycles. The Hall–Kier alpha value is -2.75. The van der Waals surface area contributed by atoms with Gasteiger partial charge in [-0.1, -0.05) is 63.3 Å². The second kappa shape index (κ2) is 16.2. The van der Waals surface area contributed by atoms with E-state index in [1.54, 1.807) is 6.92 Å². The highest BCUT2D eigenvalue weighted by Gasteiger charge is 2.37. The van der Waals surface area contributed by atoms with Crippen LogP contribution >= 0.6 is 0 Å². The first-order valence-electron chi connectivity index (χ1n) is 13.4. The highest BCUT2D eigenvalue weighted by Crippen LogP contribution is 2.19. The van der Waals surface area contributed by atoms with E-state index in [-0.39, 0.29) is 31.2 Å². The van der Waals surface area contributed by atoms with Crippen molar-refractivity contribution in [3.05, 3.63) is 42.0 Å². The van der Waals surface area contributed by atoms with Gasteiger partial charge in [-0.2, -0.15) is 0 Å². The number of carbonyl (C=O) groups excluding carboxylic acids is 3. The Morgan fingerprint density at radius 1 is 1.19 bits per heavy atom. The minimum atomic E-state index is -1.02. The summed E-state index contributed by atoms with van der Waals surface area (Å²) >= 11 is 0. The van der Waals surface area contributed by atoms with E-state index in [4.69, 9.17) is 15.3 Å². The van der Waals surface area contributed by atoms with Crippen LogP contribution in [0.1, 0.15) is 78.2 Å². The number of nitrogens with one attached hydrogen (secondary N) is 1. The van der Waals surface area contributed by atoms with Crippen LogP contribution in [-0.2, 0) is 24.0 Å². The number of benzene rings is 1. The number of nitrogens with zero attached hydrogens (tertiary/aromatic N) is 2. The third kappa shape index (κ3) is 10.3. The van der Waals surface area contributed by atoms with Gasteiger partial charge in [0.05, 0.1) is 6.04 Å². The molecule has 9 nitrogen and oxygen atoms in total. The second-order valence-electron chi connectivity index (χ2n) is 9.87. The van der Waals surface area contributed by atoms with Gasteiger partial charge in [-0.25, -0.2) is 20.3 Å². The molecular formula is C28H44N4O5. The number of amides is 3. The smallest absolute Gasteiger partial charge is 0.268 e. The van der Waals surface area contributed by atoms with Crippen LogP contribution in [0.3, 0.4) is 0 Å². The van der Waals surface area contributed by atoms with E-state index >= 15 is 0 Å². The summed E-state index contributed by atoms with van der Waals surface area (Å²) in [6.45, 7) is 8.36. The van der Waals surface area contributed by atoms with E-state index in [9.17, 15) is 14.4 Å². The van der Waals surface area contributed by atoms with Gasteiger partial charge in [0.25, 0.3) is 11.8 Å². The lowest BCUT2D eigenvalue weighted by Gasteiger charge is -2.40. The summed E-state index contributed by atoms with van der Waals surface area (Å²) in [7, 11) is 0. The van der Waals surface area contributed by atoms with Crippen molar-refractivity contribution in [1.29, 1.82) is 0 Å².